The minimum Gasteiger partial charge on any atom is -0.376 e. The highest BCUT2D eigenvalue weighted by Crippen LogP contribution is 2.18. The third-order valence-electron chi connectivity index (χ3n) is 2.09. The Hall–Kier alpha value is -0.0800. The molecule has 0 amide bonds. The smallest absolute Gasteiger partial charge is 0.0621 e. The van der Waals surface area contributed by atoms with Crippen molar-refractivity contribution in [1.29, 1.82) is 0 Å². The Morgan fingerprint density at radius 3 is 2.50 bits per heavy atom. The van der Waals surface area contributed by atoms with Crippen LogP contribution in [0.25, 0.3) is 0 Å². The van der Waals surface area contributed by atoms with E-state index in [9.17, 15) is 0 Å². The highest BCUT2D eigenvalue weighted by atomic mass is 16.5. The maximum Gasteiger partial charge on any atom is 0.0621 e. The molecule has 10 heavy (non-hydrogen) atoms. The molecule has 0 saturated carbocycles. The molecule has 0 aromatic heterocycles. The van der Waals surface area contributed by atoms with Gasteiger partial charge in [-0.1, -0.05) is 13.8 Å². The van der Waals surface area contributed by atoms with E-state index in [1.54, 1.807) is 0 Å². The van der Waals surface area contributed by atoms with Crippen molar-refractivity contribution in [3.05, 3.63) is 0 Å². The Kier molecular flexibility index (Phi) is 2.69. The van der Waals surface area contributed by atoms with E-state index in [2.05, 4.69) is 13.8 Å². The number of hydrogen-bond donors (Lipinski definition) is 1. The van der Waals surface area contributed by atoms with Crippen LogP contribution in [0.2, 0.25) is 0 Å². The summed E-state index contributed by atoms with van der Waals surface area (Å²) >= 11 is 0. The van der Waals surface area contributed by atoms with Crippen molar-refractivity contribution in [2.45, 2.75) is 38.8 Å². The van der Waals surface area contributed by atoms with Crippen LogP contribution in [0, 0.1) is 5.92 Å². The van der Waals surface area contributed by atoms with Crippen LogP contribution in [0.15, 0.2) is 0 Å². The highest BCUT2D eigenvalue weighted by Gasteiger charge is 2.20. The van der Waals surface area contributed by atoms with Gasteiger partial charge in [0.2, 0.25) is 0 Å². The molecule has 2 heteroatoms. The second kappa shape index (κ2) is 3.35. The molecule has 1 rings (SSSR count). The van der Waals surface area contributed by atoms with Crippen molar-refractivity contribution in [3.8, 4) is 0 Å². The number of hydrogen-bond acceptors (Lipinski definition) is 2. The van der Waals surface area contributed by atoms with E-state index in [1.807, 2.05) is 0 Å². The lowest BCUT2D eigenvalue weighted by molar-refractivity contribution is -0.0207. The second-order valence-electron chi connectivity index (χ2n) is 3.45. The summed E-state index contributed by atoms with van der Waals surface area (Å²) in [6, 6.07) is 0.287. The standard InChI is InChI=1S/C8H17NO/c1-6(2)8-4-3-7(9)5-10-8/h6-8H,3-5,9H2,1-2H3. The molecule has 2 unspecified atom stereocenters. The van der Waals surface area contributed by atoms with Crippen LogP contribution in [0.4, 0.5) is 0 Å². The molecule has 2 nitrogen and oxygen atoms in total. The van der Waals surface area contributed by atoms with E-state index in [-0.39, 0.29) is 6.04 Å². The fraction of sp³-hybridized carbons (Fsp3) is 1.00. The van der Waals surface area contributed by atoms with Crippen LogP contribution in [-0.4, -0.2) is 18.8 Å². The Labute approximate surface area is 62.7 Å². The number of nitrogens with two attached hydrogens (primary N) is 1. The molecule has 0 spiro atoms. The molecule has 60 valence electrons. The van der Waals surface area contributed by atoms with Gasteiger partial charge in [-0.05, 0) is 18.8 Å². The van der Waals surface area contributed by atoms with E-state index in [0.717, 1.165) is 19.4 Å². The van der Waals surface area contributed by atoms with Crippen LogP contribution in [0.3, 0.4) is 0 Å². The summed E-state index contributed by atoms with van der Waals surface area (Å²) in [6.07, 6.45) is 2.72. The van der Waals surface area contributed by atoms with E-state index in [0.29, 0.717) is 12.0 Å². The Balaban J connectivity index is 2.26. The Bertz CT molecular complexity index is 95.4. The zero-order valence-electron chi connectivity index (χ0n) is 6.84. The zero-order valence-corrected chi connectivity index (χ0v) is 6.84. The van der Waals surface area contributed by atoms with Crippen molar-refractivity contribution in [1.82, 2.24) is 0 Å². The SMILES string of the molecule is CC(C)C1CCC(N)CO1. The molecule has 0 radical (unpaired) electrons. The summed E-state index contributed by atoms with van der Waals surface area (Å²) in [7, 11) is 0. The maximum atomic E-state index is 5.67. The summed E-state index contributed by atoms with van der Waals surface area (Å²) in [4.78, 5) is 0. The van der Waals surface area contributed by atoms with Crippen molar-refractivity contribution in [2.24, 2.45) is 11.7 Å². The molecule has 1 aliphatic heterocycles. The van der Waals surface area contributed by atoms with Crippen LogP contribution in [-0.2, 0) is 4.74 Å². The van der Waals surface area contributed by atoms with Gasteiger partial charge >= 0.3 is 0 Å². The van der Waals surface area contributed by atoms with Gasteiger partial charge in [0.15, 0.2) is 0 Å². The van der Waals surface area contributed by atoms with Gasteiger partial charge in [-0.3, -0.25) is 0 Å². The average molecular weight is 143 g/mol. The lowest BCUT2D eigenvalue weighted by atomic mass is 9.97. The first-order valence-electron chi connectivity index (χ1n) is 4.07. The molecular formula is C8H17NO. The molecule has 0 aliphatic carbocycles. The summed E-state index contributed by atoms with van der Waals surface area (Å²) in [6.45, 7) is 5.14. The summed E-state index contributed by atoms with van der Waals surface area (Å²) in [5.41, 5.74) is 5.67. The van der Waals surface area contributed by atoms with Gasteiger partial charge in [-0.15, -0.1) is 0 Å². The van der Waals surface area contributed by atoms with Crippen LogP contribution in [0.5, 0.6) is 0 Å². The first-order chi connectivity index (χ1) is 4.70. The Morgan fingerprint density at radius 2 is 2.10 bits per heavy atom. The van der Waals surface area contributed by atoms with Gasteiger partial charge in [0.25, 0.3) is 0 Å². The van der Waals surface area contributed by atoms with Gasteiger partial charge in [0.1, 0.15) is 0 Å². The predicted octanol–water partition coefficient (Wildman–Crippen LogP) is 1.15. The van der Waals surface area contributed by atoms with Gasteiger partial charge in [-0.2, -0.15) is 0 Å². The predicted molar refractivity (Wildman–Crippen MR) is 41.8 cm³/mol. The topological polar surface area (TPSA) is 35.2 Å². The summed E-state index contributed by atoms with van der Waals surface area (Å²) < 4.78 is 5.53. The molecule has 1 fully saturated rings. The first kappa shape index (κ1) is 8.02. The van der Waals surface area contributed by atoms with Gasteiger partial charge < -0.3 is 10.5 Å². The van der Waals surface area contributed by atoms with Crippen LogP contribution < -0.4 is 5.73 Å². The molecule has 1 saturated heterocycles. The fourth-order valence-corrected chi connectivity index (χ4v) is 1.32. The monoisotopic (exact) mass is 143 g/mol. The third kappa shape index (κ3) is 1.96. The lowest BCUT2D eigenvalue weighted by Gasteiger charge is -2.29. The van der Waals surface area contributed by atoms with Crippen LogP contribution in [0.1, 0.15) is 26.7 Å². The van der Waals surface area contributed by atoms with Gasteiger partial charge in [0.05, 0.1) is 12.7 Å². The Morgan fingerprint density at radius 1 is 1.40 bits per heavy atom. The first-order valence-corrected chi connectivity index (χ1v) is 4.07. The lowest BCUT2D eigenvalue weighted by Crippen LogP contribution is -2.37. The van der Waals surface area contributed by atoms with E-state index < -0.39 is 0 Å². The number of rotatable bonds is 1. The highest BCUT2D eigenvalue weighted by molar-refractivity contribution is 4.73. The average Bonchev–Trinajstić information content (AvgIpc) is 1.88. The van der Waals surface area contributed by atoms with Crippen molar-refractivity contribution in [2.75, 3.05) is 6.61 Å². The van der Waals surface area contributed by atoms with E-state index >= 15 is 0 Å². The molecule has 2 N–H and O–H groups in total. The van der Waals surface area contributed by atoms with E-state index in [1.165, 1.54) is 0 Å². The molecule has 0 aromatic rings. The van der Waals surface area contributed by atoms with Crippen LogP contribution >= 0.6 is 0 Å². The normalized spacial score (nSPS) is 34.8. The van der Waals surface area contributed by atoms with Gasteiger partial charge in [-0.25, -0.2) is 0 Å². The summed E-state index contributed by atoms with van der Waals surface area (Å²) in [5, 5.41) is 0. The van der Waals surface area contributed by atoms with E-state index in [4.69, 9.17) is 10.5 Å². The molecule has 2 atom stereocenters. The third-order valence-corrected chi connectivity index (χ3v) is 2.09. The molecule has 0 aromatic carbocycles. The minimum atomic E-state index is 0.287. The molecule has 1 aliphatic rings. The quantitative estimate of drug-likeness (QED) is 0.597. The van der Waals surface area contributed by atoms with Crippen molar-refractivity contribution >= 4 is 0 Å². The van der Waals surface area contributed by atoms with Crippen molar-refractivity contribution in [3.63, 3.8) is 0 Å². The minimum absolute atomic E-state index is 0.287. The maximum absolute atomic E-state index is 5.67. The molecule has 0 bridgehead atoms. The molecular weight excluding hydrogens is 126 g/mol. The van der Waals surface area contributed by atoms with Crippen molar-refractivity contribution < 1.29 is 4.74 Å². The summed E-state index contributed by atoms with van der Waals surface area (Å²) in [5.74, 6) is 0.646. The second-order valence-corrected chi connectivity index (χ2v) is 3.45. The molecule has 1 heterocycles. The number of ether oxygens (including phenoxy) is 1. The zero-order chi connectivity index (χ0) is 7.56. The fourth-order valence-electron chi connectivity index (χ4n) is 1.32. The largest absolute Gasteiger partial charge is 0.376 e. The van der Waals surface area contributed by atoms with Gasteiger partial charge in [0, 0.05) is 6.04 Å².